The summed E-state index contributed by atoms with van der Waals surface area (Å²) in [4.78, 5) is 12.8. The molecular weight excluding hydrogens is 360 g/mol. The third kappa shape index (κ3) is 3.54. The predicted molar refractivity (Wildman–Crippen MR) is 88.1 cm³/mol. The number of hydrogen-bond acceptors (Lipinski definition) is 2. The van der Waals surface area contributed by atoms with E-state index < -0.39 is 5.91 Å². The summed E-state index contributed by atoms with van der Waals surface area (Å²) in [7, 11) is 0. The predicted octanol–water partition coefficient (Wildman–Crippen LogP) is 5.84. The summed E-state index contributed by atoms with van der Waals surface area (Å²) in [5.41, 5.74) is 0.646. The Balaban J connectivity index is 2.32. The van der Waals surface area contributed by atoms with E-state index in [0.29, 0.717) is 31.2 Å². The van der Waals surface area contributed by atoms with Gasteiger partial charge < -0.3 is 5.32 Å². The van der Waals surface area contributed by atoms with Gasteiger partial charge in [0.1, 0.15) is 0 Å². The second-order valence-corrected chi connectivity index (χ2v) is 6.01. The molecule has 0 aromatic heterocycles. The molecule has 104 valence electrons. The van der Waals surface area contributed by atoms with Gasteiger partial charge in [0.15, 0.2) is 0 Å². The molecule has 0 fully saturated rings. The van der Waals surface area contributed by atoms with Gasteiger partial charge in [0.2, 0.25) is 0 Å². The van der Waals surface area contributed by atoms with Crippen LogP contribution in [-0.2, 0) is 0 Å². The Bertz CT molecular complexity index is 690. The van der Waals surface area contributed by atoms with Crippen molar-refractivity contribution < 1.29 is 4.79 Å². The van der Waals surface area contributed by atoms with E-state index in [1.807, 2.05) is 0 Å². The number of carbonyl (C=O) groups is 1. The lowest BCUT2D eigenvalue weighted by Crippen LogP contribution is -2.13. The van der Waals surface area contributed by atoms with Crippen molar-refractivity contribution in [2.24, 2.45) is 0 Å². The van der Waals surface area contributed by atoms with E-state index in [0.717, 1.165) is 0 Å². The fourth-order valence-corrected chi connectivity index (χ4v) is 2.50. The first kappa shape index (κ1) is 15.8. The Morgan fingerprint density at radius 1 is 0.900 bits per heavy atom. The summed E-state index contributed by atoms with van der Waals surface area (Å²) in [5, 5.41) is 3.83. The molecule has 1 amide bonds. The SMILES string of the molecule is O=C(Nc1cc(Cl)c(Cl)cc1Cl)c1cc(S)ccc1Cl. The number of amides is 1. The average molecular weight is 367 g/mol. The van der Waals surface area contributed by atoms with E-state index in [9.17, 15) is 4.79 Å². The molecule has 20 heavy (non-hydrogen) atoms. The standard InChI is InChI=1S/C13H7Cl4NOS/c14-8-2-1-6(20)3-7(8)13(19)18-12-5-10(16)9(15)4-11(12)17/h1-5,20H,(H,18,19). The fraction of sp³-hybridized carbons (Fsp3) is 0. The minimum atomic E-state index is -0.411. The van der Waals surface area contributed by atoms with Crippen molar-refractivity contribution in [2.75, 3.05) is 5.32 Å². The van der Waals surface area contributed by atoms with Gasteiger partial charge in [-0.25, -0.2) is 0 Å². The second-order valence-electron chi connectivity index (χ2n) is 3.86. The Labute approximate surface area is 141 Å². The molecule has 7 heteroatoms. The molecule has 0 unspecified atom stereocenters. The number of anilines is 1. The third-order valence-electron chi connectivity index (χ3n) is 2.45. The molecular formula is C13H7Cl4NOS. The maximum atomic E-state index is 12.2. The van der Waals surface area contributed by atoms with E-state index >= 15 is 0 Å². The number of carbonyl (C=O) groups excluding carboxylic acids is 1. The molecule has 0 aliphatic rings. The lowest BCUT2D eigenvalue weighted by molar-refractivity contribution is 0.102. The number of thiol groups is 1. The fourth-order valence-electron chi connectivity index (χ4n) is 1.50. The molecule has 0 heterocycles. The number of halogens is 4. The molecule has 2 aromatic carbocycles. The second kappa shape index (κ2) is 6.46. The zero-order chi connectivity index (χ0) is 14.9. The Morgan fingerprint density at radius 2 is 1.55 bits per heavy atom. The summed E-state index contributed by atoms with van der Waals surface area (Å²) in [6, 6.07) is 7.77. The smallest absolute Gasteiger partial charge is 0.257 e. The van der Waals surface area contributed by atoms with Crippen LogP contribution < -0.4 is 5.32 Å². The van der Waals surface area contributed by atoms with E-state index in [-0.39, 0.29) is 5.02 Å². The molecule has 0 saturated carbocycles. The monoisotopic (exact) mass is 365 g/mol. The third-order valence-corrected chi connectivity index (χ3v) is 4.10. The van der Waals surface area contributed by atoms with Crippen LogP contribution in [0.25, 0.3) is 0 Å². The molecule has 0 spiro atoms. The lowest BCUT2D eigenvalue weighted by atomic mass is 10.2. The van der Waals surface area contributed by atoms with E-state index in [2.05, 4.69) is 17.9 Å². The van der Waals surface area contributed by atoms with Gasteiger partial charge >= 0.3 is 0 Å². The van der Waals surface area contributed by atoms with Crippen LogP contribution in [0.4, 0.5) is 5.69 Å². The molecule has 0 aliphatic heterocycles. The summed E-state index contributed by atoms with van der Waals surface area (Å²) in [6.45, 7) is 0. The zero-order valence-electron chi connectivity index (χ0n) is 9.75. The zero-order valence-corrected chi connectivity index (χ0v) is 13.7. The van der Waals surface area contributed by atoms with E-state index in [1.54, 1.807) is 18.2 Å². The number of benzene rings is 2. The van der Waals surface area contributed by atoms with Gasteiger partial charge in [0.25, 0.3) is 5.91 Å². The highest BCUT2D eigenvalue weighted by Gasteiger charge is 2.14. The maximum absolute atomic E-state index is 12.2. The first-order valence-electron chi connectivity index (χ1n) is 5.33. The van der Waals surface area contributed by atoms with Gasteiger partial charge in [-0.3, -0.25) is 4.79 Å². The van der Waals surface area contributed by atoms with Crippen LogP contribution in [-0.4, -0.2) is 5.91 Å². The van der Waals surface area contributed by atoms with Crippen LogP contribution >= 0.6 is 59.0 Å². The van der Waals surface area contributed by atoms with Crippen LogP contribution in [0, 0.1) is 0 Å². The van der Waals surface area contributed by atoms with Crippen LogP contribution in [0.1, 0.15) is 10.4 Å². The maximum Gasteiger partial charge on any atom is 0.257 e. The van der Waals surface area contributed by atoms with Gasteiger partial charge in [-0.2, -0.15) is 0 Å². The van der Waals surface area contributed by atoms with Gasteiger partial charge in [0.05, 0.1) is 31.3 Å². The Morgan fingerprint density at radius 3 is 2.25 bits per heavy atom. The topological polar surface area (TPSA) is 29.1 Å². The van der Waals surface area contributed by atoms with Crippen LogP contribution in [0.2, 0.25) is 20.1 Å². The average Bonchev–Trinajstić information content (AvgIpc) is 2.38. The lowest BCUT2D eigenvalue weighted by Gasteiger charge is -2.10. The first-order valence-corrected chi connectivity index (χ1v) is 7.29. The van der Waals surface area contributed by atoms with Crippen molar-refractivity contribution in [3.05, 3.63) is 56.0 Å². The summed E-state index contributed by atoms with van der Waals surface area (Å²) < 4.78 is 0. The first-order chi connectivity index (χ1) is 9.38. The molecule has 1 N–H and O–H groups in total. The van der Waals surface area contributed by atoms with Crippen molar-refractivity contribution >= 4 is 70.6 Å². The number of rotatable bonds is 2. The van der Waals surface area contributed by atoms with Gasteiger partial charge in [0, 0.05) is 4.90 Å². The minimum Gasteiger partial charge on any atom is -0.321 e. The van der Waals surface area contributed by atoms with E-state index in [4.69, 9.17) is 46.4 Å². The summed E-state index contributed by atoms with van der Waals surface area (Å²) >= 11 is 27.9. The molecule has 2 nitrogen and oxygen atoms in total. The summed E-state index contributed by atoms with van der Waals surface area (Å²) in [5.74, 6) is -0.411. The van der Waals surface area contributed by atoms with E-state index in [1.165, 1.54) is 12.1 Å². The minimum absolute atomic E-state index is 0.283. The van der Waals surface area contributed by atoms with Gasteiger partial charge in [-0.15, -0.1) is 12.6 Å². The van der Waals surface area contributed by atoms with Gasteiger partial charge in [-0.05, 0) is 30.3 Å². The van der Waals surface area contributed by atoms with Crippen molar-refractivity contribution in [2.45, 2.75) is 4.90 Å². The normalized spacial score (nSPS) is 10.4. The highest BCUT2D eigenvalue weighted by atomic mass is 35.5. The molecule has 0 radical (unpaired) electrons. The molecule has 2 aromatic rings. The van der Waals surface area contributed by atoms with Crippen molar-refractivity contribution in [1.82, 2.24) is 0 Å². The summed E-state index contributed by atoms with van der Waals surface area (Å²) in [6.07, 6.45) is 0. The molecule has 0 saturated heterocycles. The van der Waals surface area contributed by atoms with Gasteiger partial charge in [-0.1, -0.05) is 46.4 Å². The molecule has 2 rings (SSSR count). The molecule has 0 bridgehead atoms. The van der Waals surface area contributed by atoms with Crippen molar-refractivity contribution in [1.29, 1.82) is 0 Å². The van der Waals surface area contributed by atoms with Crippen LogP contribution in [0.15, 0.2) is 35.2 Å². The highest BCUT2D eigenvalue weighted by molar-refractivity contribution is 7.80. The molecule has 0 atom stereocenters. The Kier molecular flexibility index (Phi) is 5.10. The molecule has 0 aliphatic carbocycles. The van der Waals surface area contributed by atoms with Crippen LogP contribution in [0.3, 0.4) is 0 Å². The quantitative estimate of drug-likeness (QED) is 0.507. The van der Waals surface area contributed by atoms with Crippen molar-refractivity contribution in [3.8, 4) is 0 Å². The Hall–Kier alpha value is -0.580. The van der Waals surface area contributed by atoms with Crippen LogP contribution in [0.5, 0.6) is 0 Å². The number of hydrogen-bond donors (Lipinski definition) is 2. The highest BCUT2D eigenvalue weighted by Crippen LogP contribution is 2.32. The largest absolute Gasteiger partial charge is 0.321 e. The van der Waals surface area contributed by atoms with Crippen molar-refractivity contribution in [3.63, 3.8) is 0 Å². The number of nitrogens with one attached hydrogen (secondary N) is 1.